The first-order chi connectivity index (χ1) is 12.7. The quantitative estimate of drug-likeness (QED) is 0.579. The first-order valence-corrected chi connectivity index (χ1v) is 8.64. The molecule has 0 radical (unpaired) electrons. The number of ether oxygens (including phenoxy) is 2. The van der Waals surface area contributed by atoms with Gasteiger partial charge in [0.05, 0.1) is 7.11 Å². The summed E-state index contributed by atoms with van der Waals surface area (Å²) in [5.41, 5.74) is 10.9. The second-order valence-electron chi connectivity index (χ2n) is 6.10. The van der Waals surface area contributed by atoms with Crippen molar-refractivity contribution >= 4 is 5.69 Å². The monoisotopic (exact) mass is 348 g/mol. The van der Waals surface area contributed by atoms with Crippen LogP contribution >= 0.6 is 0 Å². The lowest BCUT2D eigenvalue weighted by Crippen LogP contribution is -2.20. The Bertz CT molecular complexity index is 817. The van der Waals surface area contributed by atoms with Crippen molar-refractivity contribution in [1.29, 1.82) is 0 Å². The average Bonchev–Trinajstić information content (AvgIpc) is 2.68. The van der Waals surface area contributed by atoms with Gasteiger partial charge in [-0.05, 0) is 42.3 Å². The van der Waals surface area contributed by atoms with Crippen LogP contribution in [0.15, 0.2) is 72.8 Å². The van der Waals surface area contributed by atoms with E-state index in [1.54, 1.807) is 7.11 Å². The number of aryl methyl sites for hydroxylation is 1. The molecule has 0 aliphatic heterocycles. The second-order valence-corrected chi connectivity index (χ2v) is 6.10. The van der Waals surface area contributed by atoms with Crippen LogP contribution in [0.5, 0.6) is 11.5 Å². The van der Waals surface area contributed by atoms with E-state index in [0.717, 1.165) is 28.3 Å². The molecule has 0 saturated heterocycles. The summed E-state index contributed by atoms with van der Waals surface area (Å²) >= 11 is 0. The third-order valence-electron chi connectivity index (χ3n) is 4.04. The highest BCUT2D eigenvalue weighted by Crippen LogP contribution is 2.29. The van der Waals surface area contributed by atoms with Crippen molar-refractivity contribution in [2.75, 3.05) is 12.5 Å². The van der Waals surface area contributed by atoms with Crippen molar-refractivity contribution in [2.24, 2.45) is 0 Å². The van der Waals surface area contributed by atoms with Gasteiger partial charge in [0.1, 0.15) is 6.61 Å². The molecule has 3 aromatic carbocycles. The maximum Gasteiger partial charge on any atom is 0.161 e. The molecule has 26 heavy (non-hydrogen) atoms. The predicted octanol–water partition coefficient (Wildman–Crippen LogP) is 4.70. The van der Waals surface area contributed by atoms with Crippen molar-refractivity contribution in [3.05, 3.63) is 89.5 Å². The molecule has 0 atom stereocenters. The molecule has 0 amide bonds. The van der Waals surface area contributed by atoms with Crippen molar-refractivity contribution in [1.82, 2.24) is 5.43 Å². The Morgan fingerprint density at radius 3 is 2.27 bits per heavy atom. The van der Waals surface area contributed by atoms with E-state index in [2.05, 4.69) is 42.0 Å². The standard InChI is InChI=1S/C22H24N2O2/c1-17-8-10-18(11-9-17)16-26-22-14-19(12-13-21(22)25-2)15-23-24-20-6-4-3-5-7-20/h3-14,23-24H,15-16H2,1-2H3. The molecular formula is C22H24N2O2. The molecule has 0 saturated carbocycles. The Morgan fingerprint density at radius 2 is 1.54 bits per heavy atom. The Balaban J connectivity index is 1.61. The van der Waals surface area contributed by atoms with E-state index in [1.165, 1.54) is 5.56 Å². The molecule has 134 valence electrons. The fraction of sp³-hybridized carbons (Fsp3) is 0.182. The number of benzene rings is 3. The lowest BCUT2D eigenvalue weighted by Gasteiger charge is -2.13. The second kappa shape index (κ2) is 8.92. The van der Waals surface area contributed by atoms with Gasteiger partial charge in [0.2, 0.25) is 0 Å². The van der Waals surface area contributed by atoms with Gasteiger partial charge in [-0.15, -0.1) is 0 Å². The zero-order chi connectivity index (χ0) is 18.2. The zero-order valence-electron chi connectivity index (χ0n) is 15.2. The molecule has 3 rings (SSSR count). The number of para-hydroxylation sites is 1. The molecule has 0 aliphatic carbocycles. The number of nitrogens with one attached hydrogen (secondary N) is 2. The van der Waals surface area contributed by atoms with Crippen LogP contribution < -0.4 is 20.3 Å². The normalized spacial score (nSPS) is 10.4. The summed E-state index contributed by atoms with van der Waals surface area (Å²) in [6.07, 6.45) is 0. The van der Waals surface area contributed by atoms with E-state index < -0.39 is 0 Å². The van der Waals surface area contributed by atoms with Crippen LogP contribution in [0.4, 0.5) is 5.69 Å². The Labute approximate surface area is 154 Å². The van der Waals surface area contributed by atoms with Crippen molar-refractivity contribution < 1.29 is 9.47 Å². The Morgan fingerprint density at radius 1 is 0.808 bits per heavy atom. The van der Waals surface area contributed by atoms with E-state index in [4.69, 9.17) is 9.47 Å². The van der Waals surface area contributed by atoms with Gasteiger partial charge >= 0.3 is 0 Å². The highest BCUT2D eigenvalue weighted by atomic mass is 16.5. The summed E-state index contributed by atoms with van der Waals surface area (Å²) in [7, 11) is 1.66. The molecule has 4 heteroatoms. The third kappa shape index (κ3) is 5.01. The van der Waals surface area contributed by atoms with Gasteiger partial charge < -0.3 is 14.9 Å². The minimum atomic E-state index is 0.510. The summed E-state index contributed by atoms with van der Waals surface area (Å²) < 4.78 is 11.4. The predicted molar refractivity (Wildman–Crippen MR) is 105 cm³/mol. The number of rotatable bonds is 8. The Kier molecular flexibility index (Phi) is 6.12. The highest BCUT2D eigenvalue weighted by molar-refractivity contribution is 5.44. The van der Waals surface area contributed by atoms with Gasteiger partial charge in [-0.25, -0.2) is 5.43 Å². The lowest BCUT2D eigenvalue weighted by atomic mass is 10.1. The van der Waals surface area contributed by atoms with Crippen LogP contribution in [-0.2, 0) is 13.2 Å². The summed E-state index contributed by atoms with van der Waals surface area (Å²) in [5.74, 6) is 1.48. The first kappa shape index (κ1) is 17.8. The molecule has 0 bridgehead atoms. The van der Waals surface area contributed by atoms with E-state index in [0.29, 0.717) is 13.2 Å². The van der Waals surface area contributed by atoms with E-state index >= 15 is 0 Å². The topological polar surface area (TPSA) is 42.5 Å². The number of hydrazine groups is 1. The average molecular weight is 348 g/mol. The maximum absolute atomic E-state index is 5.99. The third-order valence-corrected chi connectivity index (χ3v) is 4.04. The summed E-state index contributed by atoms with van der Waals surface area (Å²) in [6.45, 7) is 3.25. The highest BCUT2D eigenvalue weighted by Gasteiger charge is 2.06. The Hall–Kier alpha value is -2.98. The minimum absolute atomic E-state index is 0.510. The van der Waals surface area contributed by atoms with Crippen LogP contribution in [0.1, 0.15) is 16.7 Å². The SMILES string of the molecule is COc1ccc(CNNc2ccccc2)cc1OCc1ccc(C)cc1. The zero-order valence-corrected chi connectivity index (χ0v) is 15.2. The van der Waals surface area contributed by atoms with Crippen LogP contribution in [0.2, 0.25) is 0 Å². The van der Waals surface area contributed by atoms with Crippen LogP contribution in [-0.4, -0.2) is 7.11 Å². The summed E-state index contributed by atoms with van der Waals surface area (Å²) in [6, 6.07) is 24.3. The maximum atomic E-state index is 5.99. The molecule has 0 aliphatic rings. The fourth-order valence-electron chi connectivity index (χ4n) is 2.56. The molecule has 0 aromatic heterocycles. The van der Waals surface area contributed by atoms with E-state index in [1.807, 2.05) is 48.5 Å². The molecule has 2 N–H and O–H groups in total. The first-order valence-electron chi connectivity index (χ1n) is 8.64. The number of methoxy groups -OCH3 is 1. The van der Waals surface area contributed by atoms with Gasteiger partial charge in [-0.3, -0.25) is 0 Å². The lowest BCUT2D eigenvalue weighted by molar-refractivity contribution is 0.284. The van der Waals surface area contributed by atoms with Crippen LogP contribution in [0.25, 0.3) is 0 Å². The largest absolute Gasteiger partial charge is 0.493 e. The summed E-state index contributed by atoms with van der Waals surface area (Å²) in [4.78, 5) is 0. The van der Waals surface area contributed by atoms with Crippen molar-refractivity contribution in [3.63, 3.8) is 0 Å². The van der Waals surface area contributed by atoms with Crippen molar-refractivity contribution in [2.45, 2.75) is 20.1 Å². The number of anilines is 1. The molecule has 0 spiro atoms. The fourth-order valence-corrected chi connectivity index (χ4v) is 2.56. The van der Waals surface area contributed by atoms with E-state index in [9.17, 15) is 0 Å². The smallest absolute Gasteiger partial charge is 0.161 e. The van der Waals surface area contributed by atoms with Gasteiger partial charge in [-0.2, -0.15) is 0 Å². The van der Waals surface area contributed by atoms with Gasteiger partial charge in [0.25, 0.3) is 0 Å². The van der Waals surface area contributed by atoms with E-state index in [-0.39, 0.29) is 0 Å². The molecule has 4 nitrogen and oxygen atoms in total. The molecular weight excluding hydrogens is 324 g/mol. The molecule has 0 fully saturated rings. The minimum Gasteiger partial charge on any atom is -0.493 e. The van der Waals surface area contributed by atoms with Gasteiger partial charge in [0, 0.05) is 12.2 Å². The molecule has 0 heterocycles. The summed E-state index contributed by atoms with van der Waals surface area (Å²) in [5, 5.41) is 0. The van der Waals surface area contributed by atoms with Gasteiger partial charge in [0.15, 0.2) is 11.5 Å². The molecule has 3 aromatic rings. The van der Waals surface area contributed by atoms with Gasteiger partial charge in [-0.1, -0.05) is 54.1 Å². The molecule has 0 unspecified atom stereocenters. The number of hydrogen-bond acceptors (Lipinski definition) is 4. The number of hydrogen-bond donors (Lipinski definition) is 2. The van der Waals surface area contributed by atoms with Crippen LogP contribution in [0.3, 0.4) is 0 Å². The van der Waals surface area contributed by atoms with Crippen molar-refractivity contribution in [3.8, 4) is 11.5 Å². The van der Waals surface area contributed by atoms with Crippen LogP contribution in [0, 0.1) is 6.92 Å².